The van der Waals surface area contributed by atoms with E-state index in [4.69, 9.17) is 17.2 Å². The summed E-state index contributed by atoms with van der Waals surface area (Å²) in [6, 6.07) is -0.864. The molecule has 5 amide bonds. The van der Waals surface area contributed by atoms with Crippen LogP contribution >= 0.6 is 0 Å². The first-order valence-electron chi connectivity index (χ1n) is 9.11. The molecule has 6 N–H and O–H groups in total. The number of amides is 5. The van der Waals surface area contributed by atoms with Gasteiger partial charge in [0.25, 0.3) is 0 Å². The summed E-state index contributed by atoms with van der Waals surface area (Å²) < 4.78 is 0. The third-order valence-corrected chi connectivity index (χ3v) is 5.30. The summed E-state index contributed by atoms with van der Waals surface area (Å²) in [4.78, 5) is 61.6. The van der Waals surface area contributed by atoms with E-state index in [0.717, 1.165) is 0 Å². The minimum atomic E-state index is -0.864. The van der Waals surface area contributed by atoms with Crippen molar-refractivity contribution in [2.45, 2.75) is 51.0 Å². The second kappa shape index (κ2) is 8.36. The lowest BCUT2D eigenvalue weighted by Crippen LogP contribution is -2.71. The van der Waals surface area contributed by atoms with Gasteiger partial charge in [-0.2, -0.15) is 0 Å². The molecule has 10 heteroatoms. The van der Waals surface area contributed by atoms with E-state index >= 15 is 0 Å². The van der Waals surface area contributed by atoms with Crippen LogP contribution < -0.4 is 17.2 Å². The third-order valence-electron chi connectivity index (χ3n) is 5.30. The molecule has 1 spiro atoms. The Balaban J connectivity index is 1.95. The molecule has 10 nitrogen and oxygen atoms in total. The predicted octanol–water partition coefficient (Wildman–Crippen LogP) is -1.79. The van der Waals surface area contributed by atoms with Crippen molar-refractivity contribution in [3.63, 3.8) is 0 Å². The van der Waals surface area contributed by atoms with Gasteiger partial charge in [-0.05, 0) is 25.7 Å². The summed E-state index contributed by atoms with van der Waals surface area (Å²) in [5, 5.41) is 0. The molecule has 2 rings (SSSR count). The van der Waals surface area contributed by atoms with Crippen LogP contribution in [0, 0.1) is 5.41 Å². The van der Waals surface area contributed by atoms with Crippen LogP contribution in [0.1, 0.15) is 44.9 Å². The van der Waals surface area contributed by atoms with Crippen LogP contribution in [0.3, 0.4) is 0 Å². The number of carbonyl (C=O) groups is 5. The summed E-state index contributed by atoms with van der Waals surface area (Å²) in [5.41, 5.74) is 14.9. The van der Waals surface area contributed by atoms with Gasteiger partial charge in [0.2, 0.25) is 29.5 Å². The van der Waals surface area contributed by atoms with Crippen LogP contribution in [0.4, 0.5) is 0 Å². The van der Waals surface area contributed by atoms with Crippen molar-refractivity contribution in [2.24, 2.45) is 22.6 Å². The predicted molar refractivity (Wildman–Crippen MR) is 94.4 cm³/mol. The molecule has 1 unspecified atom stereocenters. The SMILES string of the molecule is NC(=O)CCCC(=O)N1CCCC2(C1)CN([C@@H](CCC(N)=O)C(N)=O)C2=O. The average molecular weight is 381 g/mol. The number of hydrogen-bond acceptors (Lipinski definition) is 5. The molecule has 0 aromatic heterocycles. The quantitative estimate of drug-likeness (QED) is 0.400. The zero-order chi connectivity index (χ0) is 20.2. The molecule has 2 saturated heterocycles. The molecule has 2 aliphatic heterocycles. The Morgan fingerprint density at radius 2 is 1.67 bits per heavy atom. The van der Waals surface area contributed by atoms with E-state index in [0.29, 0.717) is 38.9 Å². The average Bonchev–Trinajstić information content (AvgIpc) is 2.60. The normalized spacial score (nSPS) is 23.0. The van der Waals surface area contributed by atoms with E-state index in [1.807, 2.05) is 0 Å². The maximum atomic E-state index is 12.8. The molecule has 0 aromatic rings. The molecule has 0 aliphatic carbocycles. The molecule has 2 atom stereocenters. The third kappa shape index (κ3) is 4.75. The maximum Gasteiger partial charge on any atom is 0.240 e. The number of primary amides is 3. The maximum absolute atomic E-state index is 12.8. The number of rotatable bonds is 9. The standard InChI is InChI=1S/C17H27N5O5/c18-12(23)3-1-4-14(25)21-8-2-7-17(9-21)10-22(16(17)27)11(15(20)26)5-6-13(19)24/h11H,1-10H2,(H2,18,23)(H2,19,24)(H2,20,26)/t11-,17?/m0/s1. The van der Waals surface area contributed by atoms with Gasteiger partial charge in [-0.3, -0.25) is 24.0 Å². The van der Waals surface area contributed by atoms with E-state index in [1.165, 1.54) is 4.90 Å². The van der Waals surface area contributed by atoms with E-state index < -0.39 is 29.2 Å². The van der Waals surface area contributed by atoms with Crippen molar-refractivity contribution in [3.05, 3.63) is 0 Å². The zero-order valence-electron chi connectivity index (χ0n) is 15.3. The van der Waals surface area contributed by atoms with Crippen molar-refractivity contribution >= 4 is 29.5 Å². The minimum Gasteiger partial charge on any atom is -0.370 e. The van der Waals surface area contributed by atoms with E-state index in [1.54, 1.807) is 4.90 Å². The second-order valence-electron chi connectivity index (χ2n) is 7.38. The molecule has 0 aromatic carbocycles. The fourth-order valence-corrected chi connectivity index (χ4v) is 3.88. The number of β-lactam (4-membered cyclic amide) rings is 1. The van der Waals surface area contributed by atoms with Gasteiger partial charge in [0.1, 0.15) is 6.04 Å². The molecule has 2 aliphatic rings. The second-order valence-corrected chi connectivity index (χ2v) is 7.38. The highest BCUT2D eigenvalue weighted by atomic mass is 16.2. The van der Waals surface area contributed by atoms with Gasteiger partial charge in [-0.1, -0.05) is 0 Å². The van der Waals surface area contributed by atoms with Crippen LogP contribution in [0.15, 0.2) is 0 Å². The zero-order valence-corrected chi connectivity index (χ0v) is 15.3. The van der Waals surface area contributed by atoms with Gasteiger partial charge in [-0.25, -0.2) is 0 Å². The highest BCUT2D eigenvalue weighted by Gasteiger charge is 2.56. The Kier molecular flexibility index (Phi) is 6.40. The topological polar surface area (TPSA) is 170 Å². The lowest BCUT2D eigenvalue weighted by Gasteiger charge is -2.55. The van der Waals surface area contributed by atoms with Crippen molar-refractivity contribution in [1.82, 2.24) is 9.80 Å². The first kappa shape index (κ1) is 20.7. The molecule has 2 fully saturated rings. The number of piperidine rings is 1. The van der Waals surface area contributed by atoms with E-state index in [2.05, 4.69) is 0 Å². The van der Waals surface area contributed by atoms with Crippen LogP contribution in [-0.4, -0.2) is 65.0 Å². The van der Waals surface area contributed by atoms with Gasteiger partial charge in [0.05, 0.1) is 5.41 Å². The molecular formula is C17H27N5O5. The molecular weight excluding hydrogens is 354 g/mol. The highest BCUT2D eigenvalue weighted by Crippen LogP contribution is 2.42. The molecule has 150 valence electrons. The fraction of sp³-hybridized carbons (Fsp3) is 0.706. The Morgan fingerprint density at radius 1 is 1.00 bits per heavy atom. The number of carbonyl (C=O) groups excluding carboxylic acids is 5. The lowest BCUT2D eigenvalue weighted by molar-refractivity contribution is -0.174. The lowest BCUT2D eigenvalue weighted by atomic mass is 9.71. The smallest absolute Gasteiger partial charge is 0.240 e. The molecule has 0 radical (unpaired) electrons. The van der Waals surface area contributed by atoms with Gasteiger partial charge in [-0.15, -0.1) is 0 Å². The summed E-state index contributed by atoms with van der Waals surface area (Å²) in [5.74, 6) is -2.01. The van der Waals surface area contributed by atoms with Crippen LogP contribution in [0.25, 0.3) is 0 Å². The first-order chi connectivity index (χ1) is 12.7. The van der Waals surface area contributed by atoms with Crippen LogP contribution in [0.2, 0.25) is 0 Å². The number of nitrogens with zero attached hydrogens (tertiary/aromatic N) is 2. The Morgan fingerprint density at radius 3 is 2.22 bits per heavy atom. The van der Waals surface area contributed by atoms with E-state index in [9.17, 15) is 24.0 Å². The van der Waals surface area contributed by atoms with Crippen LogP contribution in [0.5, 0.6) is 0 Å². The van der Waals surface area contributed by atoms with Gasteiger partial charge >= 0.3 is 0 Å². The first-order valence-corrected chi connectivity index (χ1v) is 9.11. The Bertz CT molecular complexity index is 652. The number of hydrogen-bond donors (Lipinski definition) is 3. The van der Waals surface area contributed by atoms with Gasteiger partial charge in [0.15, 0.2) is 0 Å². The highest BCUT2D eigenvalue weighted by molar-refractivity contribution is 5.95. The van der Waals surface area contributed by atoms with Crippen LogP contribution in [-0.2, 0) is 24.0 Å². The summed E-state index contributed by atoms with van der Waals surface area (Å²) in [7, 11) is 0. The number of nitrogens with two attached hydrogens (primary N) is 3. The molecule has 0 saturated carbocycles. The molecule has 0 bridgehead atoms. The van der Waals surface area contributed by atoms with Gasteiger partial charge in [0, 0.05) is 38.9 Å². The number of likely N-dealkylation sites (tertiary alicyclic amines) is 2. The van der Waals surface area contributed by atoms with Crippen molar-refractivity contribution < 1.29 is 24.0 Å². The Labute approximate surface area is 157 Å². The van der Waals surface area contributed by atoms with Crippen molar-refractivity contribution in [3.8, 4) is 0 Å². The summed E-state index contributed by atoms with van der Waals surface area (Å²) in [6.45, 7) is 1.17. The Hall–Kier alpha value is -2.65. The van der Waals surface area contributed by atoms with E-state index in [-0.39, 0.29) is 37.5 Å². The monoisotopic (exact) mass is 381 g/mol. The fourth-order valence-electron chi connectivity index (χ4n) is 3.88. The van der Waals surface area contributed by atoms with Gasteiger partial charge < -0.3 is 27.0 Å². The van der Waals surface area contributed by atoms with Crippen molar-refractivity contribution in [2.75, 3.05) is 19.6 Å². The minimum absolute atomic E-state index is 0.0329. The summed E-state index contributed by atoms with van der Waals surface area (Å²) >= 11 is 0. The molecule has 27 heavy (non-hydrogen) atoms. The van der Waals surface area contributed by atoms with Crippen molar-refractivity contribution in [1.29, 1.82) is 0 Å². The largest absolute Gasteiger partial charge is 0.370 e. The molecule has 2 heterocycles. The summed E-state index contributed by atoms with van der Waals surface area (Å²) in [6.07, 6.45) is 2.13.